The average Bonchev–Trinajstić information content (AvgIpc) is 2.36. The molecule has 1 heterocycles. The van der Waals surface area contributed by atoms with E-state index in [-0.39, 0.29) is 18.1 Å². The molecule has 1 aromatic rings. The molecule has 2 unspecified atom stereocenters. The summed E-state index contributed by atoms with van der Waals surface area (Å²) in [6, 6.07) is 4.15. The summed E-state index contributed by atoms with van der Waals surface area (Å²) in [6.07, 6.45) is 0.162. The Kier molecular flexibility index (Phi) is 4.86. The van der Waals surface area contributed by atoms with Gasteiger partial charge in [-0.05, 0) is 38.8 Å². The average molecular weight is 340 g/mol. The summed E-state index contributed by atoms with van der Waals surface area (Å²) in [5, 5.41) is 0.757. The molecular weight excluding hydrogens is 318 g/mol. The summed E-state index contributed by atoms with van der Waals surface area (Å²) in [5.41, 5.74) is 4.16. The van der Waals surface area contributed by atoms with E-state index in [0.717, 1.165) is 22.0 Å². The topological polar surface area (TPSA) is 29.5 Å². The molecule has 3 nitrogen and oxygen atoms in total. The van der Waals surface area contributed by atoms with E-state index in [2.05, 4.69) is 35.0 Å². The smallest absolute Gasteiger partial charge is 0.254 e. The number of nitrogens with zero attached hydrogens (tertiary/aromatic N) is 1. The van der Waals surface area contributed by atoms with Crippen LogP contribution in [-0.4, -0.2) is 41.4 Å². The molecule has 1 fully saturated rings. The second-order valence-electron chi connectivity index (χ2n) is 5.71. The van der Waals surface area contributed by atoms with Crippen LogP contribution in [0.4, 0.5) is 0 Å². The van der Waals surface area contributed by atoms with E-state index >= 15 is 0 Å². The Labute approximate surface area is 129 Å². The predicted molar refractivity (Wildman–Crippen MR) is 84.7 cm³/mol. The molecule has 0 aromatic heterocycles. The van der Waals surface area contributed by atoms with E-state index < -0.39 is 0 Å². The normalized spacial score (nSPS) is 22.9. The number of rotatable bonds is 2. The number of amides is 1. The lowest BCUT2D eigenvalue weighted by atomic mass is 9.98. The lowest BCUT2D eigenvalue weighted by Crippen LogP contribution is -2.50. The zero-order valence-corrected chi connectivity index (χ0v) is 14.2. The first-order chi connectivity index (χ1) is 9.42. The number of aryl methyl sites for hydroxylation is 3. The number of carbonyl (C=O) groups excluding carboxylic acids is 1. The number of ether oxygens (including phenoxy) is 1. The molecule has 0 spiro atoms. The van der Waals surface area contributed by atoms with Crippen LogP contribution in [0.2, 0.25) is 0 Å². The van der Waals surface area contributed by atoms with Crippen molar-refractivity contribution in [3.05, 3.63) is 34.4 Å². The van der Waals surface area contributed by atoms with Crippen molar-refractivity contribution >= 4 is 21.8 Å². The lowest BCUT2D eigenvalue weighted by molar-refractivity contribution is -0.0560. The number of hydrogen-bond donors (Lipinski definition) is 0. The van der Waals surface area contributed by atoms with Crippen LogP contribution in [0.1, 0.15) is 34.0 Å². The van der Waals surface area contributed by atoms with Gasteiger partial charge in [-0.2, -0.15) is 0 Å². The highest BCUT2D eigenvalue weighted by Crippen LogP contribution is 2.21. The maximum atomic E-state index is 12.8. The maximum absolute atomic E-state index is 12.8. The number of hydrogen-bond acceptors (Lipinski definition) is 2. The summed E-state index contributed by atoms with van der Waals surface area (Å²) >= 11 is 3.45. The molecule has 2 rings (SSSR count). The Morgan fingerprint density at radius 3 is 2.45 bits per heavy atom. The third-order valence-corrected chi connectivity index (χ3v) is 4.40. The summed E-state index contributed by atoms with van der Waals surface area (Å²) in [4.78, 5) is 14.7. The van der Waals surface area contributed by atoms with Crippen LogP contribution >= 0.6 is 15.9 Å². The highest BCUT2D eigenvalue weighted by molar-refractivity contribution is 9.09. The first-order valence-corrected chi connectivity index (χ1v) is 8.13. The SMILES string of the molecule is Cc1cc(C)c(C(=O)N2CC(C)OC(CBr)C2)c(C)c1. The second-order valence-corrected chi connectivity index (χ2v) is 6.35. The van der Waals surface area contributed by atoms with Crippen LogP contribution in [0.15, 0.2) is 12.1 Å². The van der Waals surface area contributed by atoms with Crippen LogP contribution in [-0.2, 0) is 4.74 Å². The van der Waals surface area contributed by atoms with Crippen LogP contribution < -0.4 is 0 Å². The fraction of sp³-hybridized carbons (Fsp3) is 0.562. The van der Waals surface area contributed by atoms with Crippen LogP contribution in [0.3, 0.4) is 0 Å². The number of benzene rings is 1. The fourth-order valence-corrected chi connectivity index (χ4v) is 3.33. The molecule has 0 N–H and O–H groups in total. The van der Waals surface area contributed by atoms with Crippen molar-refractivity contribution in [2.45, 2.75) is 39.9 Å². The highest BCUT2D eigenvalue weighted by atomic mass is 79.9. The quantitative estimate of drug-likeness (QED) is 0.774. The fourth-order valence-electron chi connectivity index (χ4n) is 2.97. The second kappa shape index (κ2) is 6.27. The summed E-state index contributed by atoms with van der Waals surface area (Å²) < 4.78 is 5.79. The summed E-state index contributed by atoms with van der Waals surface area (Å²) in [6.45, 7) is 9.42. The Hall–Kier alpha value is -0.870. The van der Waals surface area contributed by atoms with Gasteiger partial charge in [0, 0.05) is 24.0 Å². The molecule has 0 bridgehead atoms. The van der Waals surface area contributed by atoms with Gasteiger partial charge in [-0.1, -0.05) is 33.6 Å². The molecule has 2 atom stereocenters. The molecule has 4 heteroatoms. The van der Waals surface area contributed by atoms with E-state index in [1.807, 2.05) is 25.7 Å². The molecule has 1 aliphatic rings. The first-order valence-electron chi connectivity index (χ1n) is 7.01. The summed E-state index contributed by atoms with van der Waals surface area (Å²) in [5.74, 6) is 0.126. The van der Waals surface area contributed by atoms with Gasteiger partial charge >= 0.3 is 0 Å². The van der Waals surface area contributed by atoms with E-state index in [1.165, 1.54) is 5.56 Å². The minimum Gasteiger partial charge on any atom is -0.371 e. The molecule has 110 valence electrons. The van der Waals surface area contributed by atoms with Gasteiger partial charge in [0.15, 0.2) is 0 Å². The van der Waals surface area contributed by atoms with Crippen LogP contribution in [0.5, 0.6) is 0 Å². The third kappa shape index (κ3) is 3.23. The van der Waals surface area contributed by atoms with Gasteiger partial charge in [0.25, 0.3) is 5.91 Å². The Morgan fingerprint density at radius 1 is 1.30 bits per heavy atom. The monoisotopic (exact) mass is 339 g/mol. The Balaban J connectivity index is 2.27. The molecule has 1 saturated heterocycles. The van der Waals surface area contributed by atoms with Crippen molar-refractivity contribution in [3.63, 3.8) is 0 Å². The maximum Gasteiger partial charge on any atom is 0.254 e. The summed E-state index contributed by atoms with van der Waals surface area (Å²) in [7, 11) is 0. The molecule has 1 amide bonds. The van der Waals surface area contributed by atoms with E-state index in [4.69, 9.17) is 4.74 Å². The zero-order valence-electron chi connectivity index (χ0n) is 12.6. The molecular formula is C16H22BrNO2. The Bertz CT molecular complexity index is 492. The number of carbonyl (C=O) groups is 1. The first kappa shape index (κ1) is 15.5. The molecule has 0 saturated carbocycles. The highest BCUT2D eigenvalue weighted by Gasteiger charge is 2.29. The van der Waals surface area contributed by atoms with Crippen LogP contribution in [0.25, 0.3) is 0 Å². The van der Waals surface area contributed by atoms with E-state index in [9.17, 15) is 4.79 Å². The van der Waals surface area contributed by atoms with Gasteiger partial charge in [0.2, 0.25) is 0 Å². The van der Waals surface area contributed by atoms with Gasteiger partial charge < -0.3 is 9.64 Å². The lowest BCUT2D eigenvalue weighted by Gasteiger charge is -2.36. The number of halogens is 1. The number of morpholine rings is 1. The molecule has 1 aliphatic heterocycles. The van der Waals surface area contributed by atoms with E-state index in [1.54, 1.807) is 0 Å². The van der Waals surface area contributed by atoms with Gasteiger partial charge in [0.1, 0.15) is 0 Å². The van der Waals surface area contributed by atoms with Crippen molar-refractivity contribution in [2.24, 2.45) is 0 Å². The molecule has 0 aliphatic carbocycles. The van der Waals surface area contributed by atoms with Gasteiger partial charge in [0.05, 0.1) is 12.2 Å². The van der Waals surface area contributed by atoms with Crippen LogP contribution in [0, 0.1) is 20.8 Å². The molecule has 0 radical (unpaired) electrons. The molecule has 20 heavy (non-hydrogen) atoms. The third-order valence-electron chi connectivity index (χ3n) is 3.68. The largest absolute Gasteiger partial charge is 0.371 e. The molecule has 1 aromatic carbocycles. The van der Waals surface area contributed by atoms with Crippen molar-refractivity contribution in [1.29, 1.82) is 0 Å². The van der Waals surface area contributed by atoms with E-state index in [0.29, 0.717) is 13.1 Å². The van der Waals surface area contributed by atoms with Gasteiger partial charge in [-0.3, -0.25) is 4.79 Å². The van der Waals surface area contributed by atoms with Crippen molar-refractivity contribution in [2.75, 3.05) is 18.4 Å². The number of alkyl halides is 1. The van der Waals surface area contributed by atoms with Crippen molar-refractivity contribution in [3.8, 4) is 0 Å². The van der Waals surface area contributed by atoms with Crippen molar-refractivity contribution in [1.82, 2.24) is 4.90 Å². The predicted octanol–water partition coefficient (Wildman–Crippen LogP) is 3.24. The van der Waals surface area contributed by atoms with Crippen molar-refractivity contribution < 1.29 is 9.53 Å². The zero-order chi connectivity index (χ0) is 14.9. The van der Waals surface area contributed by atoms with Gasteiger partial charge in [-0.25, -0.2) is 0 Å². The van der Waals surface area contributed by atoms with Gasteiger partial charge in [-0.15, -0.1) is 0 Å². The standard InChI is InChI=1S/C16H22BrNO2/c1-10-5-11(2)15(12(3)6-10)16(19)18-8-13(4)20-14(7-17)9-18/h5-6,13-14H,7-9H2,1-4H3. The Morgan fingerprint density at radius 2 is 1.90 bits per heavy atom. The minimum absolute atomic E-state index is 0.0776. The minimum atomic E-state index is 0.0776.